The Balaban J connectivity index is 0.000000257. The number of rotatable bonds is 9. The molecule has 0 aliphatic carbocycles. The molecule has 3 aromatic carbocycles. The van der Waals surface area contributed by atoms with Crippen molar-refractivity contribution in [2.75, 3.05) is 39.5 Å². The normalized spacial score (nSPS) is 10.7. The molecule has 3 N–H and O–H groups in total. The van der Waals surface area contributed by atoms with Crippen LogP contribution in [0.2, 0.25) is 0 Å². The van der Waals surface area contributed by atoms with E-state index in [1.165, 1.54) is 15.9 Å². The van der Waals surface area contributed by atoms with Crippen molar-refractivity contribution in [3.63, 3.8) is 0 Å². The SMILES string of the molecule is OCCN(CCO)CCO.c1ccc(P(c2ccccc2)c2ccccc2)cc1. The molecule has 0 amide bonds. The van der Waals surface area contributed by atoms with E-state index in [1.807, 2.05) is 0 Å². The maximum atomic E-state index is 8.48. The average molecular weight is 411 g/mol. The molecule has 0 heterocycles. The summed E-state index contributed by atoms with van der Waals surface area (Å²) in [6.07, 6.45) is 0. The average Bonchev–Trinajstić information content (AvgIpc) is 2.77. The number of hydrogen-bond acceptors (Lipinski definition) is 4. The molecule has 0 aliphatic heterocycles. The zero-order chi connectivity index (χ0) is 20.7. The molecule has 3 rings (SSSR count). The highest BCUT2D eigenvalue weighted by Gasteiger charge is 2.14. The molecule has 0 spiro atoms. The van der Waals surface area contributed by atoms with Crippen LogP contribution in [0.25, 0.3) is 0 Å². The Hall–Kier alpha value is -2.07. The van der Waals surface area contributed by atoms with Gasteiger partial charge in [0.1, 0.15) is 0 Å². The molecular weight excluding hydrogens is 381 g/mol. The molecule has 154 valence electrons. The topological polar surface area (TPSA) is 63.9 Å². The van der Waals surface area contributed by atoms with Crippen LogP contribution in [-0.2, 0) is 0 Å². The zero-order valence-electron chi connectivity index (χ0n) is 16.6. The largest absolute Gasteiger partial charge is 0.395 e. The van der Waals surface area contributed by atoms with Crippen LogP contribution in [0.3, 0.4) is 0 Å². The highest BCUT2D eigenvalue weighted by atomic mass is 31.1. The van der Waals surface area contributed by atoms with E-state index in [9.17, 15) is 0 Å². The highest BCUT2D eigenvalue weighted by molar-refractivity contribution is 7.79. The van der Waals surface area contributed by atoms with E-state index in [1.54, 1.807) is 4.90 Å². The van der Waals surface area contributed by atoms with Gasteiger partial charge in [-0.05, 0) is 23.8 Å². The van der Waals surface area contributed by atoms with Gasteiger partial charge in [0, 0.05) is 19.6 Å². The van der Waals surface area contributed by atoms with Crippen molar-refractivity contribution in [3.8, 4) is 0 Å². The third-order valence-electron chi connectivity index (χ3n) is 4.29. The van der Waals surface area contributed by atoms with Crippen LogP contribution in [0.4, 0.5) is 0 Å². The van der Waals surface area contributed by atoms with Crippen molar-refractivity contribution in [1.82, 2.24) is 4.90 Å². The first-order valence-corrected chi connectivity index (χ1v) is 11.1. The Morgan fingerprint density at radius 1 is 0.483 bits per heavy atom. The van der Waals surface area contributed by atoms with Crippen LogP contribution in [0.15, 0.2) is 91.0 Å². The predicted molar refractivity (Wildman–Crippen MR) is 123 cm³/mol. The van der Waals surface area contributed by atoms with Gasteiger partial charge in [0.15, 0.2) is 0 Å². The van der Waals surface area contributed by atoms with Crippen LogP contribution in [0, 0.1) is 0 Å². The smallest absolute Gasteiger partial charge is 0.0558 e. The second-order valence-electron chi connectivity index (χ2n) is 6.35. The molecule has 0 saturated heterocycles. The number of hydrogen-bond donors (Lipinski definition) is 3. The fraction of sp³-hybridized carbons (Fsp3) is 0.250. The minimum atomic E-state index is -0.446. The molecule has 4 nitrogen and oxygen atoms in total. The van der Waals surface area contributed by atoms with Crippen LogP contribution in [0.1, 0.15) is 0 Å². The van der Waals surface area contributed by atoms with Crippen molar-refractivity contribution >= 4 is 23.8 Å². The lowest BCUT2D eigenvalue weighted by Gasteiger charge is -2.18. The molecule has 3 aromatic rings. The Kier molecular flexibility index (Phi) is 11.2. The van der Waals surface area contributed by atoms with Crippen LogP contribution >= 0.6 is 7.92 Å². The van der Waals surface area contributed by atoms with Crippen molar-refractivity contribution in [2.24, 2.45) is 0 Å². The molecule has 0 saturated carbocycles. The third-order valence-corrected chi connectivity index (χ3v) is 6.74. The molecule has 0 aliphatic rings. The first-order valence-electron chi connectivity index (χ1n) is 9.80. The van der Waals surface area contributed by atoms with Gasteiger partial charge in [0.2, 0.25) is 0 Å². The fourth-order valence-electron chi connectivity index (χ4n) is 2.94. The number of nitrogens with zero attached hydrogens (tertiary/aromatic N) is 1. The molecule has 0 bridgehead atoms. The first kappa shape index (κ1) is 23.2. The molecule has 0 unspecified atom stereocenters. The summed E-state index contributed by atoms with van der Waals surface area (Å²) in [5.41, 5.74) is 0. The lowest BCUT2D eigenvalue weighted by atomic mass is 10.4. The minimum absolute atomic E-state index is 0.0694. The second-order valence-corrected chi connectivity index (χ2v) is 8.57. The van der Waals surface area contributed by atoms with Gasteiger partial charge in [0.25, 0.3) is 0 Å². The van der Waals surface area contributed by atoms with Gasteiger partial charge in [-0.1, -0.05) is 91.0 Å². The van der Waals surface area contributed by atoms with E-state index in [-0.39, 0.29) is 19.8 Å². The van der Waals surface area contributed by atoms with Crippen molar-refractivity contribution < 1.29 is 15.3 Å². The molecule has 0 radical (unpaired) electrons. The van der Waals surface area contributed by atoms with E-state index in [0.717, 1.165) is 0 Å². The third kappa shape index (κ3) is 8.06. The molecule has 0 fully saturated rings. The van der Waals surface area contributed by atoms with E-state index in [4.69, 9.17) is 15.3 Å². The van der Waals surface area contributed by atoms with E-state index >= 15 is 0 Å². The Labute approximate surface area is 174 Å². The Morgan fingerprint density at radius 2 is 0.759 bits per heavy atom. The van der Waals surface area contributed by atoms with Gasteiger partial charge in [-0.25, -0.2) is 0 Å². The van der Waals surface area contributed by atoms with Gasteiger partial charge in [-0.2, -0.15) is 0 Å². The summed E-state index contributed by atoms with van der Waals surface area (Å²) in [6.45, 7) is 1.75. The zero-order valence-corrected chi connectivity index (χ0v) is 17.5. The quantitative estimate of drug-likeness (QED) is 0.469. The molecule has 0 atom stereocenters. The first-order chi connectivity index (χ1) is 14.3. The Bertz CT molecular complexity index is 664. The molecule has 5 heteroatoms. The maximum Gasteiger partial charge on any atom is 0.0558 e. The Morgan fingerprint density at radius 3 is 1.00 bits per heavy atom. The van der Waals surface area contributed by atoms with Gasteiger partial charge in [-0.15, -0.1) is 0 Å². The van der Waals surface area contributed by atoms with Crippen molar-refractivity contribution in [3.05, 3.63) is 91.0 Å². The van der Waals surface area contributed by atoms with Gasteiger partial charge in [-0.3, -0.25) is 4.90 Å². The fourth-order valence-corrected chi connectivity index (χ4v) is 5.24. The molecular formula is C24H30NO3P. The molecule has 0 aromatic heterocycles. The standard InChI is InChI=1S/C18H15P.C6H15NO3/c1-4-10-16(11-5-1)19(17-12-6-2-7-13-17)18-14-8-3-9-15-18;8-4-1-7(2-5-9)3-6-10/h1-15H;8-10H,1-6H2. The van der Waals surface area contributed by atoms with Crippen molar-refractivity contribution in [1.29, 1.82) is 0 Å². The molecule has 29 heavy (non-hydrogen) atoms. The van der Waals surface area contributed by atoms with E-state index < -0.39 is 7.92 Å². The second kappa shape index (κ2) is 14.0. The number of aliphatic hydroxyl groups is 3. The maximum absolute atomic E-state index is 8.48. The van der Waals surface area contributed by atoms with Gasteiger partial charge < -0.3 is 15.3 Å². The minimum Gasteiger partial charge on any atom is -0.395 e. The van der Waals surface area contributed by atoms with E-state index in [0.29, 0.717) is 19.6 Å². The number of benzene rings is 3. The summed E-state index contributed by atoms with van der Waals surface area (Å²) < 4.78 is 0. The summed E-state index contributed by atoms with van der Waals surface area (Å²) in [5, 5.41) is 29.6. The van der Waals surface area contributed by atoms with Crippen molar-refractivity contribution in [2.45, 2.75) is 0 Å². The van der Waals surface area contributed by atoms with Gasteiger partial charge in [0.05, 0.1) is 19.8 Å². The highest BCUT2D eigenvalue weighted by Crippen LogP contribution is 2.32. The summed E-state index contributed by atoms with van der Waals surface area (Å²) in [6, 6.07) is 32.3. The lowest BCUT2D eigenvalue weighted by molar-refractivity contribution is 0.136. The van der Waals surface area contributed by atoms with Crippen LogP contribution in [-0.4, -0.2) is 59.7 Å². The summed E-state index contributed by atoms with van der Waals surface area (Å²) in [4.78, 5) is 1.79. The summed E-state index contributed by atoms with van der Waals surface area (Å²) >= 11 is 0. The summed E-state index contributed by atoms with van der Waals surface area (Å²) in [7, 11) is -0.446. The number of aliphatic hydroxyl groups excluding tert-OH is 3. The van der Waals surface area contributed by atoms with Crippen LogP contribution in [0.5, 0.6) is 0 Å². The monoisotopic (exact) mass is 411 g/mol. The van der Waals surface area contributed by atoms with Gasteiger partial charge >= 0.3 is 0 Å². The predicted octanol–water partition coefficient (Wildman–Crippen LogP) is 1.71. The van der Waals surface area contributed by atoms with Crippen LogP contribution < -0.4 is 15.9 Å². The summed E-state index contributed by atoms with van der Waals surface area (Å²) in [5.74, 6) is 0. The lowest BCUT2D eigenvalue weighted by Crippen LogP contribution is -2.32. The van der Waals surface area contributed by atoms with E-state index in [2.05, 4.69) is 91.0 Å².